The Morgan fingerprint density at radius 1 is 1.16 bits per heavy atom. The molecule has 0 saturated carbocycles. The maximum absolute atomic E-state index is 13.1. The highest BCUT2D eigenvalue weighted by Gasteiger charge is 2.23. The number of aryl methyl sites for hydroxylation is 2. The smallest absolute Gasteiger partial charge is 0.242 e. The molecule has 0 radical (unpaired) electrons. The minimum absolute atomic E-state index is 0.122. The van der Waals surface area contributed by atoms with Gasteiger partial charge in [0.1, 0.15) is 5.82 Å². The molecular weight excluding hydrogens is 367 g/mol. The van der Waals surface area contributed by atoms with E-state index < -0.39 is 27.8 Å². The van der Waals surface area contributed by atoms with Crippen LogP contribution in [0.15, 0.2) is 41.3 Å². The van der Waals surface area contributed by atoms with Gasteiger partial charge < -0.3 is 5.32 Å². The van der Waals surface area contributed by atoms with Crippen LogP contribution in [0, 0.1) is 19.7 Å². The van der Waals surface area contributed by atoms with Crippen LogP contribution in [0.3, 0.4) is 0 Å². The van der Waals surface area contributed by atoms with E-state index in [4.69, 9.17) is 11.6 Å². The molecule has 1 amide bonds. The summed E-state index contributed by atoms with van der Waals surface area (Å²) in [5, 5.41) is 2.36. The molecule has 8 heteroatoms. The molecule has 0 bridgehead atoms. The summed E-state index contributed by atoms with van der Waals surface area (Å²) in [6.07, 6.45) is 0. The first-order chi connectivity index (χ1) is 11.6. The zero-order valence-corrected chi connectivity index (χ0v) is 15.5. The van der Waals surface area contributed by atoms with E-state index in [1.807, 2.05) is 6.07 Å². The van der Waals surface area contributed by atoms with Gasteiger partial charge in [0.05, 0.1) is 16.0 Å². The molecule has 0 fully saturated rings. The minimum Gasteiger partial charge on any atom is -0.325 e. The Labute approximate surface area is 151 Å². The van der Waals surface area contributed by atoms with Crippen LogP contribution >= 0.6 is 11.6 Å². The summed E-state index contributed by atoms with van der Waals surface area (Å²) >= 11 is 5.66. The zero-order valence-electron chi connectivity index (χ0n) is 13.9. The largest absolute Gasteiger partial charge is 0.325 e. The Kier molecular flexibility index (Phi) is 5.82. The van der Waals surface area contributed by atoms with Crippen molar-refractivity contribution in [1.29, 1.82) is 0 Å². The van der Waals surface area contributed by atoms with Crippen molar-refractivity contribution in [3.63, 3.8) is 0 Å². The van der Waals surface area contributed by atoms with Crippen LogP contribution in [-0.2, 0) is 14.8 Å². The highest BCUT2D eigenvalue weighted by molar-refractivity contribution is 7.89. The molecule has 0 saturated heterocycles. The van der Waals surface area contributed by atoms with E-state index in [0.717, 1.165) is 11.6 Å². The lowest BCUT2D eigenvalue weighted by Gasteiger charge is -2.16. The topological polar surface area (TPSA) is 75.3 Å². The van der Waals surface area contributed by atoms with E-state index in [2.05, 4.69) is 10.0 Å². The molecule has 0 unspecified atom stereocenters. The molecule has 0 spiro atoms. The monoisotopic (exact) mass is 384 g/mol. The average Bonchev–Trinajstić information content (AvgIpc) is 2.52. The molecule has 0 aliphatic rings. The van der Waals surface area contributed by atoms with Gasteiger partial charge in [-0.3, -0.25) is 4.79 Å². The van der Waals surface area contributed by atoms with Gasteiger partial charge in [-0.2, -0.15) is 4.72 Å². The molecule has 134 valence electrons. The van der Waals surface area contributed by atoms with Crippen molar-refractivity contribution in [1.82, 2.24) is 4.72 Å². The fourth-order valence-corrected chi connectivity index (χ4v) is 3.88. The fourth-order valence-electron chi connectivity index (χ4n) is 2.17. The van der Waals surface area contributed by atoms with Crippen molar-refractivity contribution in [2.45, 2.75) is 31.7 Å². The molecule has 2 aromatic carbocycles. The number of carbonyl (C=O) groups excluding carboxylic acids is 1. The molecular formula is C17H18ClFN2O3S. The summed E-state index contributed by atoms with van der Waals surface area (Å²) in [6.45, 7) is 4.88. The lowest BCUT2D eigenvalue weighted by atomic mass is 10.2. The SMILES string of the molecule is Cc1ccc(C)c(S(=O)(=O)N[C@H](C)C(=O)Nc2ccc(F)c(Cl)c2)c1. The van der Waals surface area contributed by atoms with Crippen molar-refractivity contribution in [2.24, 2.45) is 0 Å². The van der Waals surface area contributed by atoms with Gasteiger partial charge in [0, 0.05) is 5.69 Å². The third-order valence-corrected chi connectivity index (χ3v) is 5.52. The molecule has 0 aliphatic carbocycles. The molecule has 0 aliphatic heterocycles. The number of hydrogen-bond donors (Lipinski definition) is 2. The molecule has 2 aromatic rings. The second kappa shape index (κ2) is 7.51. The van der Waals surface area contributed by atoms with Crippen molar-refractivity contribution in [3.8, 4) is 0 Å². The summed E-state index contributed by atoms with van der Waals surface area (Å²) in [5.74, 6) is -1.19. The molecule has 5 nitrogen and oxygen atoms in total. The van der Waals surface area contributed by atoms with Gasteiger partial charge >= 0.3 is 0 Å². The lowest BCUT2D eigenvalue weighted by Crippen LogP contribution is -2.41. The maximum Gasteiger partial charge on any atom is 0.242 e. The molecule has 2 N–H and O–H groups in total. The van der Waals surface area contributed by atoms with Crippen LogP contribution in [0.2, 0.25) is 5.02 Å². The van der Waals surface area contributed by atoms with Gasteiger partial charge in [0.25, 0.3) is 0 Å². The number of sulfonamides is 1. The standard InChI is InChI=1S/C17H18ClFN2O3S/c1-10-4-5-11(2)16(8-10)25(23,24)21-12(3)17(22)20-13-6-7-15(19)14(18)9-13/h4-9,12,21H,1-3H3,(H,20,22)/t12-/m1/s1. The second-order valence-electron chi connectivity index (χ2n) is 5.73. The zero-order chi connectivity index (χ0) is 18.8. The summed E-state index contributed by atoms with van der Waals surface area (Å²) in [7, 11) is -3.86. The number of carbonyl (C=O) groups is 1. The molecule has 0 heterocycles. The minimum atomic E-state index is -3.86. The summed E-state index contributed by atoms with van der Waals surface area (Å²) in [4.78, 5) is 12.3. The Hall–Kier alpha value is -1.96. The number of amides is 1. The molecule has 0 aromatic heterocycles. The van der Waals surface area contributed by atoms with Crippen molar-refractivity contribution in [3.05, 3.63) is 58.4 Å². The van der Waals surface area contributed by atoms with E-state index in [-0.39, 0.29) is 15.6 Å². The van der Waals surface area contributed by atoms with Crippen LogP contribution in [0.4, 0.5) is 10.1 Å². The van der Waals surface area contributed by atoms with Crippen molar-refractivity contribution >= 4 is 33.2 Å². The van der Waals surface area contributed by atoms with Gasteiger partial charge in [-0.1, -0.05) is 23.7 Å². The first-order valence-corrected chi connectivity index (χ1v) is 9.32. The predicted octanol–water partition coefficient (Wildman–Crippen LogP) is 3.40. The van der Waals surface area contributed by atoms with E-state index in [1.165, 1.54) is 19.1 Å². The summed E-state index contributed by atoms with van der Waals surface area (Å²) in [6, 6.07) is 7.72. The Balaban J connectivity index is 2.14. The number of anilines is 1. The number of rotatable bonds is 5. The first kappa shape index (κ1) is 19.4. The predicted molar refractivity (Wildman–Crippen MR) is 95.7 cm³/mol. The number of hydrogen-bond acceptors (Lipinski definition) is 3. The van der Waals surface area contributed by atoms with Crippen LogP contribution in [-0.4, -0.2) is 20.4 Å². The van der Waals surface area contributed by atoms with Crippen LogP contribution in [0.1, 0.15) is 18.1 Å². The van der Waals surface area contributed by atoms with Crippen LogP contribution < -0.4 is 10.0 Å². The van der Waals surface area contributed by atoms with Crippen LogP contribution in [0.25, 0.3) is 0 Å². The van der Waals surface area contributed by atoms with E-state index in [0.29, 0.717) is 5.56 Å². The number of benzene rings is 2. The van der Waals surface area contributed by atoms with Crippen LogP contribution in [0.5, 0.6) is 0 Å². The summed E-state index contributed by atoms with van der Waals surface area (Å²) in [5.41, 5.74) is 1.65. The molecule has 1 atom stereocenters. The van der Waals surface area contributed by atoms with E-state index >= 15 is 0 Å². The highest BCUT2D eigenvalue weighted by Crippen LogP contribution is 2.20. The Morgan fingerprint density at radius 2 is 1.84 bits per heavy atom. The maximum atomic E-state index is 13.1. The first-order valence-electron chi connectivity index (χ1n) is 7.45. The second-order valence-corrected chi connectivity index (χ2v) is 7.82. The quantitative estimate of drug-likeness (QED) is 0.829. The van der Waals surface area contributed by atoms with Gasteiger partial charge in [-0.25, -0.2) is 12.8 Å². The van der Waals surface area contributed by atoms with E-state index in [9.17, 15) is 17.6 Å². The molecule has 2 rings (SSSR count). The fraction of sp³-hybridized carbons (Fsp3) is 0.235. The Bertz CT molecular complexity index is 916. The summed E-state index contributed by atoms with van der Waals surface area (Å²) < 4.78 is 40.5. The third-order valence-electron chi connectivity index (χ3n) is 3.55. The average molecular weight is 385 g/mol. The number of halogens is 2. The third kappa shape index (κ3) is 4.78. The highest BCUT2D eigenvalue weighted by atomic mass is 35.5. The van der Waals surface area contributed by atoms with Gasteiger partial charge in [0.2, 0.25) is 15.9 Å². The normalized spacial score (nSPS) is 12.7. The number of nitrogens with one attached hydrogen (secondary N) is 2. The van der Waals surface area contributed by atoms with Crippen molar-refractivity contribution in [2.75, 3.05) is 5.32 Å². The van der Waals surface area contributed by atoms with E-state index in [1.54, 1.807) is 26.0 Å². The molecule has 25 heavy (non-hydrogen) atoms. The van der Waals surface area contributed by atoms with Gasteiger partial charge in [0.15, 0.2) is 0 Å². The lowest BCUT2D eigenvalue weighted by molar-refractivity contribution is -0.117. The Morgan fingerprint density at radius 3 is 2.48 bits per heavy atom. The van der Waals surface area contributed by atoms with Gasteiger partial charge in [-0.05, 0) is 56.2 Å². The van der Waals surface area contributed by atoms with Gasteiger partial charge in [-0.15, -0.1) is 0 Å². The van der Waals surface area contributed by atoms with Crippen molar-refractivity contribution < 1.29 is 17.6 Å².